The van der Waals surface area contributed by atoms with Gasteiger partial charge in [-0.1, -0.05) is 56.5 Å². The van der Waals surface area contributed by atoms with Gasteiger partial charge in [0, 0.05) is 31.3 Å². The summed E-state index contributed by atoms with van der Waals surface area (Å²) in [5.74, 6) is 0.557. The molecule has 1 aliphatic rings. The molecule has 2 rings (SSSR count). The fourth-order valence-corrected chi connectivity index (χ4v) is 3.46. The Morgan fingerprint density at radius 2 is 1.92 bits per heavy atom. The van der Waals surface area contributed by atoms with E-state index < -0.39 is 0 Å². The van der Waals surface area contributed by atoms with Crippen molar-refractivity contribution in [2.45, 2.75) is 64.0 Å². The molecule has 0 saturated carbocycles. The molecule has 0 radical (unpaired) electrons. The van der Waals surface area contributed by atoms with Gasteiger partial charge >= 0.3 is 0 Å². The van der Waals surface area contributed by atoms with E-state index >= 15 is 0 Å². The zero-order valence-electron chi connectivity index (χ0n) is 16.5. The summed E-state index contributed by atoms with van der Waals surface area (Å²) in [4.78, 5) is 4.65. The lowest BCUT2D eigenvalue weighted by Crippen LogP contribution is -2.53. The summed E-state index contributed by atoms with van der Waals surface area (Å²) in [6.07, 6.45) is 6.83. The smallest absolute Gasteiger partial charge is 0.188 e. The molecule has 1 aromatic carbocycles. The van der Waals surface area contributed by atoms with Gasteiger partial charge in [0.15, 0.2) is 5.96 Å². The predicted molar refractivity (Wildman–Crippen MR) is 109 cm³/mol. The summed E-state index contributed by atoms with van der Waals surface area (Å²) >= 11 is 0. The van der Waals surface area contributed by atoms with Gasteiger partial charge in [-0.25, -0.2) is 0 Å². The van der Waals surface area contributed by atoms with Crippen LogP contribution in [-0.4, -0.2) is 37.8 Å². The lowest BCUT2D eigenvalue weighted by molar-refractivity contribution is 0.0374. The van der Waals surface area contributed by atoms with Gasteiger partial charge in [-0.3, -0.25) is 4.99 Å². The van der Waals surface area contributed by atoms with Crippen LogP contribution in [0.2, 0.25) is 0 Å². The van der Waals surface area contributed by atoms with E-state index in [0.717, 1.165) is 39.0 Å². The number of nitrogens with one attached hydrogen (secondary N) is 2. The molecule has 146 valence electrons. The molecule has 5 nitrogen and oxygen atoms in total. The third kappa shape index (κ3) is 6.96. The third-order valence-electron chi connectivity index (χ3n) is 5.16. The molecule has 1 atom stereocenters. The second-order valence-corrected chi connectivity index (χ2v) is 7.36. The summed E-state index contributed by atoms with van der Waals surface area (Å²) in [7, 11) is 0. The number of hydrogen-bond donors (Lipinski definition) is 3. The van der Waals surface area contributed by atoms with E-state index in [9.17, 15) is 0 Å². The van der Waals surface area contributed by atoms with Gasteiger partial charge in [-0.2, -0.15) is 0 Å². The maximum atomic E-state index is 6.09. The van der Waals surface area contributed by atoms with E-state index in [1.165, 1.54) is 24.8 Å². The summed E-state index contributed by atoms with van der Waals surface area (Å²) in [5.41, 5.74) is 7.33. The van der Waals surface area contributed by atoms with Gasteiger partial charge in [0.05, 0.1) is 6.54 Å². The molecular formula is C21H36N4O. The molecule has 4 N–H and O–H groups in total. The van der Waals surface area contributed by atoms with Crippen molar-refractivity contribution >= 4 is 5.96 Å². The number of aliphatic imine (C=N–C) groups is 1. The first-order valence-electron chi connectivity index (χ1n) is 10.1. The average molecular weight is 361 g/mol. The minimum atomic E-state index is -0.0536. The number of rotatable bonds is 10. The molecule has 1 aromatic rings. The van der Waals surface area contributed by atoms with Crippen molar-refractivity contribution in [3.8, 4) is 0 Å². The molecule has 1 unspecified atom stereocenters. The third-order valence-corrected chi connectivity index (χ3v) is 5.16. The van der Waals surface area contributed by atoms with Crippen molar-refractivity contribution in [3.05, 3.63) is 35.9 Å². The fourth-order valence-electron chi connectivity index (χ4n) is 3.46. The molecule has 1 heterocycles. The van der Waals surface area contributed by atoms with Crippen LogP contribution in [0.5, 0.6) is 0 Å². The maximum Gasteiger partial charge on any atom is 0.188 e. The first-order chi connectivity index (χ1) is 12.7. The number of benzene rings is 1. The van der Waals surface area contributed by atoms with Crippen LogP contribution in [0.3, 0.4) is 0 Å². The second kappa shape index (κ2) is 11.2. The summed E-state index contributed by atoms with van der Waals surface area (Å²) in [5, 5.41) is 7.07. The molecular weight excluding hydrogens is 324 g/mol. The molecule has 26 heavy (non-hydrogen) atoms. The molecule has 5 heteroatoms. The Morgan fingerprint density at radius 3 is 2.62 bits per heavy atom. The normalized spacial score (nSPS) is 18.5. The van der Waals surface area contributed by atoms with Gasteiger partial charge in [0.1, 0.15) is 0 Å². The van der Waals surface area contributed by atoms with Gasteiger partial charge in [0.25, 0.3) is 0 Å². The topological polar surface area (TPSA) is 71.7 Å². The van der Waals surface area contributed by atoms with E-state index in [1.807, 2.05) is 0 Å². The quantitative estimate of drug-likeness (QED) is 0.340. The second-order valence-electron chi connectivity index (χ2n) is 7.36. The Hall–Kier alpha value is -1.59. The van der Waals surface area contributed by atoms with Crippen molar-refractivity contribution in [3.63, 3.8) is 0 Å². The average Bonchev–Trinajstić information content (AvgIpc) is 2.68. The summed E-state index contributed by atoms with van der Waals surface area (Å²) in [6, 6.07) is 10.8. The monoisotopic (exact) mass is 360 g/mol. The number of nitrogens with two attached hydrogens (primary N) is 1. The van der Waals surface area contributed by atoms with Crippen molar-refractivity contribution < 1.29 is 4.74 Å². The number of unbranched alkanes of at least 4 members (excludes halogenated alkanes) is 3. The number of nitrogens with zero attached hydrogens (tertiary/aromatic N) is 1. The van der Waals surface area contributed by atoms with Gasteiger partial charge in [-0.15, -0.1) is 0 Å². The van der Waals surface area contributed by atoms with Crippen LogP contribution in [0.25, 0.3) is 0 Å². The number of guanidine groups is 1. The van der Waals surface area contributed by atoms with Crippen LogP contribution >= 0.6 is 0 Å². The molecule has 1 fully saturated rings. The molecule has 0 amide bonds. The standard InChI is InChI=1S/C21H36N4O/c1-3-4-5-9-14-23-20(22)24-17-21(12-15-26-16-13-21)25-18(2)19-10-7-6-8-11-19/h6-8,10-11,18,25H,3-5,9,12-17H2,1-2H3,(H3,22,23,24). The van der Waals surface area contributed by atoms with E-state index in [4.69, 9.17) is 10.5 Å². The summed E-state index contributed by atoms with van der Waals surface area (Å²) in [6.45, 7) is 7.56. The SMILES string of the molecule is CCCCCCNC(N)=NCC1(NC(C)c2ccccc2)CCOCC1. The lowest BCUT2D eigenvalue weighted by Gasteiger charge is -2.39. The fraction of sp³-hybridized carbons (Fsp3) is 0.667. The molecule has 1 saturated heterocycles. The van der Waals surface area contributed by atoms with Crippen molar-refractivity contribution in [1.29, 1.82) is 0 Å². The lowest BCUT2D eigenvalue weighted by atomic mass is 9.88. The number of ether oxygens (including phenoxy) is 1. The van der Waals surface area contributed by atoms with Crippen LogP contribution in [0, 0.1) is 0 Å². The molecule has 0 bridgehead atoms. The van der Waals surface area contributed by atoms with Crippen LogP contribution < -0.4 is 16.4 Å². The minimum Gasteiger partial charge on any atom is -0.381 e. The Labute approximate surface area is 158 Å². The number of hydrogen-bond acceptors (Lipinski definition) is 3. The van der Waals surface area contributed by atoms with Crippen molar-refractivity contribution in [2.75, 3.05) is 26.3 Å². The Morgan fingerprint density at radius 1 is 1.19 bits per heavy atom. The molecule has 0 spiro atoms. The zero-order valence-corrected chi connectivity index (χ0v) is 16.5. The highest BCUT2D eigenvalue weighted by Crippen LogP contribution is 2.25. The van der Waals surface area contributed by atoms with Crippen LogP contribution in [0.4, 0.5) is 0 Å². The maximum absolute atomic E-state index is 6.09. The van der Waals surface area contributed by atoms with Crippen molar-refractivity contribution in [2.24, 2.45) is 10.7 Å². The minimum absolute atomic E-state index is 0.0536. The van der Waals surface area contributed by atoms with Gasteiger partial charge < -0.3 is 21.1 Å². The highest BCUT2D eigenvalue weighted by molar-refractivity contribution is 5.77. The predicted octanol–water partition coefficient (Wildman–Crippen LogP) is 3.37. The Balaban J connectivity index is 1.90. The summed E-state index contributed by atoms with van der Waals surface area (Å²) < 4.78 is 5.59. The van der Waals surface area contributed by atoms with Gasteiger partial charge in [-0.05, 0) is 31.7 Å². The molecule has 0 aromatic heterocycles. The van der Waals surface area contributed by atoms with Crippen LogP contribution in [-0.2, 0) is 4.74 Å². The molecule has 0 aliphatic carbocycles. The van der Waals surface area contributed by atoms with Gasteiger partial charge in [0.2, 0.25) is 0 Å². The highest BCUT2D eigenvalue weighted by Gasteiger charge is 2.33. The van der Waals surface area contributed by atoms with Crippen LogP contribution in [0.1, 0.15) is 64.0 Å². The van der Waals surface area contributed by atoms with E-state index in [2.05, 4.69) is 59.8 Å². The van der Waals surface area contributed by atoms with E-state index in [-0.39, 0.29) is 11.6 Å². The van der Waals surface area contributed by atoms with Crippen molar-refractivity contribution in [1.82, 2.24) is 10.6 Å². The first-order valence-corrected chi connectivity index (χ1v) is 10.1. The Kier molecular flexibility index (Phi) is 8.92. The van der Waals surface area contributed by atoms with E-state index in [0.29, 0.717) is 12.5 Å². The highest BCUT2D eigenvalue weighted by atomic mass is 16.5. The Bertz CT molecular complexity index is 526. The zero-order chi connectivity index (χ0) is 18.7. The first kappa shape index (κ1) is 20.7. The largest absolute Gasteiger partial charge is 0.381 e. The molecule has 1 aliphatic heterocycles. The van der Waals surface area contributed by atoms with E-state index in [1.54, 1.807) is 0 Å². The van der Waals surface area contributed by atoms with Crippen LogP contribution in [0.15, 0.2) is 35.3 Å².